The van der Waals surface area contributed by atoms with Crippen molar-refractivity contribution >= 4 is 22.6 Å². The second kappa shape index (κ2) is 7.05. The van der Waals surface area contributed by atoms with E-state index in [4.69, 9.17) is 0 Å². The largest absolute Gasteiger partial charge is 0.322 e. The minimum absolute atomic E-state index is 0.170. The lowest BCUT2D eigenvalue weighted by Gasteiger charge is -2.08. The Morgan fingerprint density at radius 2 is 1.59 bits per heavy atom. The van der Waals surface area contributed by atoms with Crippen LogP contribution in [0.2, 0.25) is 0 Å². The quantitative estimate of drug-likeness (QED) is 0.514. The molecule has 140 valence electrons. The van der Waals surface area contributed by atoms with Gasteiger partial charge in [0.25, 0.3) is 5.91 Å². The van der Waals surface area contributed by atoms with Crippen LogP contribution in [0.1, 0.15) is 10.4 Å². The number of fused-ring (bicyclic) bond motifs is 1. The van der Waals surface area contributed by atoms with Gasteiger partial charge in [-0.15, -0.1) is 0 Å². The zero-order valence-electron chi connectivity index (χ0n) is 15.3. The zero-order chi connectivity index (χ0) is 19.6. The van der Waals surface area contributed by atoms with E-state index in [2.05, 4.69) is 20.4 Å². The second-order valence-corrected chi connectivity index (χ2v) is 6.49. The number of nitrogens with zero attached hydrogens (tertiary/aromatic N) is 5. The Morgan fingerprint density at radius 1 is 0.828 bits per heavy atom. The van der Waals surface area contributed by atoms with E-state index >= 15 is 0 Å². The van der Waals surface area contributed by atoms with Crippen LogP contribution in [0.5, 0.6) is 0 Å². The van der Waals surface area contributed by atoms with E-state index < -0.39 is 0 Å². The average Bonchev–Trinajstić information content (AvgIpc) is 3.45. The zero-order valence-corrected chi connectivity index (χ0v) is 15.3. The summed E-state index contributed by atoms with van der Waals surface area (Å²) in [5, 5.41) is 7.00. The van der Waals surface area contributed by atoms with Gasteiger partial charge in [-0.25, -0.2) is 14.6 Å². The van der Waals surface area contributed by atoms with Crippen molar-refractivity contribution < 1.29 is 4.79 Å². The summed E-state index contributed by atoms with van der Waals surface area (Å²) in [5.74, 6) is -0.170. The molecule has 0 spiro atoms. The van der Waals surface area contributed by atoms with Gasteiger partial charge in [-0.1, -0.05) is 12.1 Å². The van der Waals surface area contributed by atoms with E-state index in [0.29, 0.717) is 5.56 Å². The van der Waals surface area contributed by atoms with Gasteiger partial charge in [-0.05, 0) is 60.7 Å². The van der Waals surface area contributed by atoms with Crippen LogP contribution in [0.3, 0.4) is 0 Å². The van der Waals surface area contributed by atoms with E-state index in [1.807, 2.05) is 65.2 Å². The third kappa shape index (κ3) is 3.25. The molecule has 1 amide bonds. The Bertz CT molecular complexity index is 1270. The highest BCUT2D eigenvalue weighted by molar-refractivity contribution is 6.04. The van der Waals surface area contributed by atoms with Gasteiger partial charge in [0.2, 0.25) is 0 Å². The smallest absolute Gasteiger partial charge is 0.255 e. The summed E-state index contributed by atoms with van der Waals surface area (Å²) < 4.78 is 3.66. The molecule has 0 bridgehead atoms. The fraction of sp³-hybridized carbons (Fsp3) is 0. The maximum Gasteiger partial charge on any atom is 0.255 e. The molecular formula is C22H16N6O. The highest BCUT2D eigenvalue weighted by Crippen LogP contribution is 2.20. The summed E-state index contributed by atoms with van der Waals surface area (Å²) in [6.45, 7) is 0. The molecule has 0 unspecified atom stereocenters. The maximum absolute atomic E-state index is 12.5. The van der Waals surface area contributed by atoms with Gasteiger partial charge < -0.3 is 5.32 Å². The fourth-order valence-electron chi connectivity index (χ4n) is 3.18. The van der Waals surface area contributed by atoms with Gasteiger partial charge in [-0.2, -0.15) is 5.10 Å². The van der Waals surface area contributed by atoms with E-state index in [0.717, 1.165) is 28.1 Å². The number of nitrogens with one attached hydrogen (secondary N) is 1. The van der Waals surface area contributed by atoms with Crippen molar-refractivity contribution in [3.8, 4) is 11.4 Å². The molecule has 7 heteroatoms. The van der Waals surface area contributed by atoms with Gasteiger partial charge in [-0.3, -0.25) is 9.36 Å². The minimum Gasteiger partial charge on any atom is -0.322 e. The Kier molecular flexibility index (Phi) is 4.10. The number of anilines is 1. The molecule has 2 heterocycles. The van der Waals surface area contributed by atoms with Gasteiger partial charge in [0, 0.05) is 16.9 Å². The predicted octanol–water partition coefficient (Wildman–Crippen LogP) is 3.86. The standard InChI is InChI=1S/C22H16N6O/c29-22(16-5-9-19(10-6-16)28-14-23-13-25-28)26-17-7-11-18(12-8-17)27-15-24-20-3-1-2-4-21(20)27/h1-15H,(H,26,29). The summed E-state index contributed by atoms with van der Waals surface area (Å²) >= 11 is 0. The average molecular weight is 380 g/mol. The first-order valence-electron chi connectivity index (χ1n) is 9.07. The molecular weight excluding hydrogens is 364 g/mol. The first-order valence-corrected chi connectivity index (χ1v) is 9.07. The Balaban J connectivity index is 1.32. The molecule has 0 saturated heterocycles. The normalized spacial score (nSPS) is 10.9. The van der Waals surface area contributed by atoms with Crippen molar-refractivity contribution in [1.29, 1.82) is 0 Å². The van der Waals surface area contributed by atoms with Crippen molar-refractivity contribution in [2.45, 2.75) is 0 Å². The topological polar surface area (TPSA) is 77.6 Å². The number of benzene rings is 3. The molecule has 0 radical (unpaired) electrons. The molecule has 5 aromatic rings. The van der Waals surface area contributed by atoms with Crippen molar-refractivity contribution in [3.63, 3.8) is 0 Å². The third-order valence-corrected chi connectivity index (χ3v) is 4.67. The molecule has 0 fully saturated rings. The molecule has 0 atom stereocenters. The Hall–Kier alpha value is -4.26. The van der Waals surface area contributed by atoms with Crippen molar-refractivity contribution in [1.82, 2.24) is 24.3 Å². The van der Waals surface area contributed by atoms with Crippen LogP contribution in [0.25, 0.3) is 22.4 Å². The number of amides is 1. The highest BCUT2D eigenvalue weighted by Gasteiger charge is 2.08. The summed E-state index contributed by atoms with van der Waals surface area (Å²) in [5.41, 5.74) is 5.10. The van der Waals surface area contributed by atoms with Gasteiger partial charge >= 0.3 is 0 Å². The number of hydrogen-bond donors (Lipinski definition) is 1. The number of carbonyl (C=O) groups is 1. The number of aromatic nitrogens is 5. The summed E-state index contributed by atoms with van der Waals surface area (Å²) in [4.78, 5) is 20.9. The van der Waals surface area contributed by atoms with Gasteiger partial charge in [0.15, 0.2) is 0 Å². The van der Waals surface area contributed by atoms with E-state index in [9.17, 15) is 4.79 Å². The number of carbonyl (C=O) groups excluding carboxylic acids is 1. The summed E-state index contributed by atoms with van der Waals surface area (Å²) in [6, 6.07) is 22.8. The Morgan fingerprint density at radius 3 is 2.34 bits per heavy atom. The molecule has 0 aliphatic rings. The molecule has 0 aliphatic heterocycles. The summed E-state index contributed by atoms with van der Waals surface area (Å²) in [6.07, 6.45) is 4.88. The first kappa shape index (κ1) is 16.9. The first-order chi connectivity index (χ1) is 14.3. The SMILES string of the molecule is O=C(Nc1ccc(-n2cnc3ccccc32)cc1)c1ccc(-n2cncn2)cc1. The Labute approximate surface area is 166 Å². The molecule has 2 aromatic heterocycles. The second-order valence-electron chi connectivity index (χ2n) is 6.49. The van der Waals surface area contributed by atoms with Crippen LogP contribution < -0.4 is 5.32 Å². The lowest BCUT2D eigenvalue weighted by Crippen LogP contribution is -2.12. The molecule has 1 N–H and O–H groups in total. The maximum atomic E-state index is 12.5. The molecule has 5 rings (SSSR count). The van der Waals surface area contributed by atoms with Crippen molar-refractivity contribution in [2.24, 2.45) is 0 Å². The van der Waals surface area contributed by atoms with Crippen LogP contribution >= 0.6 is 0 Å². The molecule has 3 aromatic carbocycles. The summed E-state index contributed by atoms with van der Waals surface area (Å²) in [7, 11) is 0. The van der Waals surface area contributed by atoms with Crippen LogP contribution in [-0.2, 0) is 0 Å². The lowest BCUT2D eigenvalue weighted by molar-refractivity contribution is 0.102. The van der Waals surface area contributed by atoms with Crippen LogP contribution in [0, 0.1) is 0 Å². The van der Waals surface area contributed by atoms with Crippen LogP contribution in [0.15, 0.2) is 91.8 Å². The minimum atomic E-state index is -0.170. The van der Waals surface area contributed by atoms with Crippen LogP contribution in [0.4, 0.5) is 5.69 Å². The third-order valence-electron chi connectivity index (χ3n) is 4.67. The van der Waals surface area contributed by atoms with E-state index in [1.165, 1.54) is 6.33 Å². The van der Waals surface area contributed by atoms with Gasteiger partial charge in [0.1, 0.15) is 19.0 Å². The number of hydrogen-bond acceptors (Lipinski definition) is 4. The van der Waals surface area contributed by atoms with Gasteiger partial charge in [0.05, 0.1) is 16.7 Å². The molecule has 7 nitrogen and oxygen atoms in total. The highest BCUT2D eigenvalue weighted by atomic mass is 16.1. The molecule has 0 aliphatic carbocycles. The number of rotatable bonds is 4. The lowest BCUT2D eigenvalue weighted by atomic mass is 10.2. The van der Waals surface area contributed by atoms with E-state index in [1.54, 1.807) is 29.5 Å². The van der Waals surface area contributed by atoms with Crippen molar-refractivity contribution in [3.05, 3.63) is 97.3 Å². The number of imidazole rings is 1. The molecule has 29 heavy (non-hydrogen) atoms. The number of para-hydroxylation sites is 2. The van der Waals surface area contributed by atoms with Crippen molar-refractivity contribution in [2.75, 3.05) is 5.32 Å². The monoisotopic (exact) mass is 380 g/mol. The fourth-order valence-corrected chi connectivity index (χ4v) is 3.18. The van der Waals surface area contributed by atoms with E-state index in [-0.39, 0.29) is 5.91 Å². The molecule has 0 saturated carbocycles. The van der Waals surface area contributed by atoms with Crippen LogP contribution in [-0.4, -0.2) is 30.2 Å². The predicted molar refractivity (Wildman–Crippen MR) is 110 cm³/mol.